The maximum absolute atomic E-state index is 13.6. The van der Waals surface area contributed by atoms with Crippen molar-refractivity contribution >= 4 is 23.2 Å². The number of carbonyl (C=O) groups is 2. The topological polar surface area (TPSA) is 62.6 Å². The predicted molar refractivity (Wildman–Crippen MR) is 126 cm³/mol. The van der Waals surface area contributed by atoms with Crippen LogP contribution < -0.4 is 5.32 Å². The van der Waals surface area contributed by atoms with Crippen LogP contribution in [0, 0.1) is 0 Å². The standard InChI is InChI=1S/C26H30N2O3S/c1-2-19-11-13-20(14-12-19)25(26(30)27-21-7-3-4-8-21)28(18-22-9-5-15-31-22)24(29)17-23-10-6-16-32-23/h5-6,9-16,21,25H,2-4,7-8,17-18H2,1H3,(H,27,30). The fourth-order valence-electron chi connectivity index (χ4n) is 4.32. The van der Waals surface area contributed by atoms with Gasteiger partial charge in [0.15, 0.2) is 0 Å². The highest BCUT2D eigenvalue weighted by atomic mass is 32.1. The quantitative estimate of drug-likeness (QED) is 0.483. The molecule has 1 atom stereocenters. The first-order chi connectivity index (χ1) is 15.6. The summed E-state index contributed by atoms with van der Waals surface area (Å²) in [6.45, 7) is 2.35. The molecule has 1 unspecified atom stereocenters. The molecular formula is C26H30N2O3S. The molecule has 0 bridgehead atoms. The van der Waals surface area contributed by atoms with Gasteiger partial charge in [0, 0.05) is 10.9 Å². The lowest BCUT2D eigenvalue weighted by Crippen LogP contribution is -2.46. The van der Waals surface area contributed by atoms with Gasteiger partial charge in [-0.3, -0.25) is 9.59 Å². The lowest BCUT2D eigenvalue weighted by molar-refractivity contribution is -0.141. The number of hydrogen-bond acceptors (Lipinski definition) is 4. The van der Waals surface area contributed by atoms with Gasteiger partial charge >= 0.3 is 0 Å². The molecule has 1 aliphatic carbocycles. The largest absolute Gasteiger partial charge is 0.467 e. The van der Waals surface area contributed by atoms with E-state index in [2.05, 4.69) is 12.2 Å². The Morgan fingerprint density at radius 2 is 1.91 bits per heavy atom. The van der Waals surface area contributed by atoms with Gasteiger partial charge in [-0.15, -0.1) is 11.3 Å². The van der Waals surface area contributed by atoms with Gasteiger partial charge in [-0.05, 0) is 54.0 Å². The van der Waals surface area contributed by atoms with Crippen molar-refractivity contribution in [2.75, 3.05) is 0 Å². The normalized spacial score (nSPS) is 14.9. The van der Waals surface area contributed by atoms with Crippen LogP contribution in [0.3, 0.4) is 0 Å². The van der Waals surface area contributed by atoms with Crippen LogP contribution in [0.25, 0.3) is 0 Å². The minimum Gasteiger partial charge on any atom is -0.467 e. The summed E-state index contributed by atoms with van der Waals surface area (Å²) in [6, 6.07) is 15.1. The molecule has 1 N–H and O–H groups in total. The molecule has 1 fully saturated rings. The first-order valence-electron chi connectivity index (χ1n) is 11.4. The number of nitrogens with zero attached hydrogens (tertiary/aromatic N) is 1. The maximum atomic E-state index is 13.6. The monoisotopic (exact) mass is 450 g/mol. The van der Waals surface area contributed by atoms with Crippen LogP contribution in [-0.2, 0) is 29.0 Å². The van der Waals surface area contributed by atoms with Crippen LogP contribution in [0.2, 0.25) is 0 Å². The van der Waals surface area contributed by atoms with Crippen molar-refractivity contribution in [3.63, 3.8) is 0 Å². The van der Waals surface area contributed by atoms with Crippen LogP contribution in [0.5, 0.6) is 0 Å². The lowest BCUT2D eigenvalue weighted by atomic mass is 10.00. The number of rotatable bonds is 9. The number of aryl methyl sites for hydroxylation is 1. The van der Waals surface area contributed by atoms with Crippen LogP contribution in [-0.4, -0.2) is 22.8 Å². The molecule has 2 amide bonds. The van der Waals surface area contributed by atoms with Crippen molar-refractivity contribution in [2.24, 2.45) is 0 Å². The van der Waals surface area contributed by atoms with Gasteiger partial charge in [0.1, 0.15) is 11.8 Å². The number of furan rings is 1. The molecular weight excluding hydrogens is 420 g/mol. The third-order valence-electron chi connectivity index (χ3n) is 6.10. The highest BCUT2D eigenvalue weighted by molar-refractivity contribution is 7.10. The summed E-state index contributed by atoms with van der Waals surface area (Å²) in [6.07, 6.45) is 7.04. The van der Waals surface area contributed by atoms with E-state index in [1.165, 1.54) is 5.56 Å². The van der Waals surface area contributed by atoms with E-state index in [9.17, 15) is 9.59 Å². The Kier molecular flexibility index (Phi) is 7.43. The van der Waals surface area contributed by atoms with Crippen LogP contribution >= 0.6 is 11.3 Å². The fraction of sp³-hybridized carbons (Fsp3) is 0.385. The van der Waals surface area contributed by atoms with Gasteiger partial charge in [0.25, 0.3) is 0 Å². The molecule has 6 heteroatoms. The van der Waals surface area contributed by atoms with E-state index in [1.807, 2.05) is 47.8 Å². The van der Waals surface area contributed by atoms with Gasteiger partial charge in [-0.2, -0.15) is 0 Å². The number of hydrogen-bond donors (Lipinski definition) is 1. The highest BCUT2D eigenvalue weighted by Gasteiger charge is 2.33. The predicted octanol–water partition coefficient (Wildman–Crippen LogP) is 5.27. The van der Waals surface area contributed by atoms with E-state index in [0.717, 1.165) is 42.5 Å². The molecule has 0 radical (unpaired) electrons. The van der Waals surface area contributed by atoms with Crippen LogP contribution in [0.4, 0.5) is 0 Å². The van der Waals surface area contributed by atoms with Crippen molar-refractivity contribution in [3.05, 3.63) is 81.9 Å². The first kappa shape index (κ1) is 22.3. The zero-order valence-electron chi connectivity index (χ0n) is 18.5. The third kappa shape index (κ3) is 5.49. The van der Waals surface area contributed by atoms with E-state index >= 15 is 0 Å². The smallest absolute Gasteiger partial charge is 0.247 e. The lowest BCUT2D eigenvalue weighted by Gasteiger charge is -2.32. The van der Waals surface area contributed by atoms with Gasteiger partial charge in [0.05, 0.1) is 19.2 Å². The Bertz CT molecular complexity index is 990. The molecule has 3 aromatic rings. The third-order valence-corrected chi connectivity index (χ3v) is 6.97. The molecule has 1 aliphatic rings. The Labute approximate surface area is 193 Å². The SMILES string of the molecule is CCc1ccc(C(C(=O)NC2CCCC2)N(Cc2ccco2)C(=O)Cc2cccs2)cc1. The summed E-state index contributed by atoms with van der Waals surface area (Å²) < 4.78 is 5.56. The van der Waals surface area contributed by atoms with Crippen molar-refractivity contribution < 1.29 is 14.0 Å². The first-order valence-corrected chi connectivity index (χ1v) is 12.3. The summed E-state index contributed by atoms with van der Waals surface area (Å²) in [5.74, 6) is 0.454. The maximum Gasteiger partial charge on any atom is 0.247 e. The molecule has 32 heavy (non-hydrogen) atoms. The molecule has 1 saturated carbocycles. The van der Waals surface area contributed by atoms with E-state index in [0.29, 0.717) is 5.76 Å². The number of benzene rings is 1. The van der Waals surface area contributed by atoms with Crippen LogP contribution in [0.15, 0.2) is 64.6 Å². The van der Waals surface area contributed by atoms with Gasteiger partial charge in [0.2, 0.25) is 11.8 Å². The summed E-state index contributed by atoms with van der Waals surface area (Å²) in [4.78, 5) is 29.8. The van der Waals surface area contributed by atoms with E-state index in [1.54, 1.807) is 28.6 Å². The highest BCUT2D eigenvalue weighted by Crippen LogP contribution is 2.27. The second kappa shape index (κ2) is 10.6. The number of nitrogens with one attached hydrogen (secondary N) is 1. The molecule has 0 saturated heterocycles. The summed E-state index contributed by atoms with van der Waals surface area (Å²) in [5.41, 5.74) is 2.02. The Morgan fingerprint density at radius 3 is 2.53 bits per heavy atom. The molecule has 4 rings (SSSR count). The van der Waals surface area contributed by atoms with Gasteiger partial charge < -0.3 is 14.6 Å². The summed E-state index contributed by atoms with van der Waals surface area (Å²) in [5, 5.41) is 5.18. The molecule has 0 spiro atoms. The Hall–Kier alpha value is -2.86. The zero-order chi connectivity index (χ0) is 22.3. The average molecular weight is 451 g/mol. The van der Waals surface area contributed by atoms with Crippen molar-refractivity contribution in [1.29, 1.82) is 0 Å². The number of amides is 2. The molecule has 0 aliphatic heterocycles. The van der Waals surface area contributed by atoms with Gasteiger partial charge in [-0.25, -0.2) is 0 Å². The van der Waals surface area contributed by atoms with Crippen molar-refractivity contribution in [1.82, 2.24) is 10.2 Å². The molecule has 1 aromatic carbocycles. The molecule has 168 valence electrons. The second-order valence-electron chi connectivity index (χ2n) is 8.34. The van der Waals surface area contributed by atoms with Crippen LogP contribution in [0.1, 0.15) is 60.4 Å². The number of thiophene rings is 1. The minimum atomic E-state index is -0.709. The average Bonchev–Trinajstić information content (AvgIpc) is 3.58. The van der Waals surface area contributed by atoms with Gasteiger partial charge in [-0.1, -0.05) is 50.1 Å². The van der Waals surface area contributed by atoms with Crippen molar-refractivity contribution in [3.8, 4) is 0 Å². The second-order valence-corrected chi connectivity index (χ2v) is 9.38. The van der Waals surface area contributed by atoms with E-state index < -0.39 is 6.04 Å². The minimum absolute atomic E-state index is 0.0880. The van der Waals surface area contributed by atoms with Crippen molar-refractivity contribution in [2.45, 2.75) is 64.1 Å². The number of carbonyl (C=O) groups excluding carboxylic acids is 2. The molecule has 2 aromatic heterocycles. The summed E-state index contributed by atoms with van der Waals surface area (Å²) >= 11 is 1.55. The summed E-state index contributed by atoms with van der Waals surface area (Å²) in [7, 11) is 0. The Balaban J connectivity index is 1.67. The zero-order valence-corrected chi connectivity index (χ0v) is 19.3. The molecule has 5 nitrogen and oxygen atoms in total. The fourth-order valence-corrected chi connectivity index (χ4v) is 5.01. The molecule has 2 heterocycles. The van der Waals surface area contributed by atoms with E-state index in [-0.39, 0.29) is 30.8 Å². The Morgan fingerprint density at radius 1 is 1.12 bits per heavy atom. The van der Waals surface area contributed by atoms with E-state index in [4.69, 9.17) is 4.42 Å².